The highest BCUT2D eigenvalue weighted by molar-refractivity contribution is 7.87. The molecule has 1 aliphatic heterocycles. The van der Waals surface area contributed by atoms with E-state index in [-0.39, 0.29) is 5.25 Å². The van der Waals surface area contributed by atoms with E-state index in [2.05, 4.69) is 12.6 Å². The van der Waals surface area contributed by atoms with Gasteiger partial charge in [0.1, 0.15) is 0 Å². The van der Waals surface area contributed by atoms with Gasteiger partial charge < -0.3 is 0 Å². The van der Waals surface area contributed by atoms with Gasteiger partial charge in [0.25, 0.3) is 10.2 Å². The predicted molar refractivity (Wildman–Crippen MR) is 37.5 cm³/mol. The van der Waals surface area contributed by atoms with Gasteiger partial charge in [0, 0.05) is 18.3 Å². The summed E-state index contributed by atoms with van der Waals surface area (Å²) in [5.41, 5.74) is 0. The van der Waals surface area contributed by atoms with E-state index in [4.69, 9.17) is 5.14 Å². The summed E-state index contributed by atoms with van der Waals surface area (Å²) in [5.74, 6) is 0. The first-order valence-electron chi connectivity index (χ1n) is 2.46. The Labute approximate surface area is 59.6 Å². The topological polar surface area (TPSA) is 63.4 Å². The summed E-state index contributed by atoms with van der Waals surface area (Å²) in [6.45, 7) is 0.893. The molecule has 0 aromatic rings. The maximum atomic E-state index is 10.4. The molecule has 54 valence electrons. The first-order chi connectivity index (χ1) is 4.00. The van der Waals surface area contributed by atoms with Crippen molar-refractivity contribution in [1.29, 1.82) is 0 Å². The summed E-state index contributed by atoms with van der Waals surface area (Å²) in [7, 11) is -3.41. The van der Waals surface area contributed by atoms with Crippen molar-refractivity contribution in [2.24, 2.45) is 5.14 Å². The second kappa shape index (κ2) is 2.12. The van der Waals surface area contributed by atoms with Crippen LogP contribution in [0.3, 0.4) is 0 Å². The van der Waals surface area contributed by atoms with Gasteiger partial charge in [-0.1, -0.05) is 0 Å². The number of nitrogens with two attached hydrogens (primary N) is 1. The Kier molecular flexibility index (Phi) is 1.73. The van der Waals surface area contributed by atoms with Crippen molar-refractivity contribution in [2.45, 2.75) is 5.25 Å². The molecule has 6 heteroatoms. The van der Waals surface area contributed by atoms with Gasteiger partial charge in [-0.05, 0) is 0 Å². The second-order valence-corrected chi connectivity index (χ2v) is 4.29. The lowest BCUT2D eigenvalue weighted by Crippen LogP contribution is -2.53. The van der Waals surface area contributed by atoms with Crippen LogP contribution < -0.4 is 5.14 Å². The van der Waals surface area contributed by atoms with E-state index in [1.165, 1.54) is 4.31 Å². The van der Waals surface area contributed by atoms with Gasteiger partial charge in [0.15, 0.2) is 0 Å². The van der Waals surface area contributed by atoms with Crippen LogP contribution in [-0.4, -0.2) is 31.1 Å². The fraction of sp³-hybridized carbons (Fsp3) is 1.00. The predicted octanol–water partition coefficient (Wildman–Crippen LogP) is -1.20. The average molecular weight is 168 g/mol. The van der Waals surface area contributed by atoms with E-state index in [9.17, 15) is 8.42 Å². The van der Waals surface area contributed by atoms with Crippen LogP contribution in [0.5, 0.6) is 0 Å². The second-order valence-electron chi connectivity index (χ2n) is 2.02. The van der Waals surface area contributed by atoms with Gasteiger partial charge in [-0.25, -0.2) is 5.14 Å². The number of nitrogens with zero attached hydrogens (tertiary/aromatic N) is 1. The lowest BCUT2D eigenvalue weighted by atomic mass is 10.3. The molecule has 0 radical (unpaired) electrons. The van der Waals surface area contributed by atoms with Gasteiger partial charge in [0.05, 0.1) is 0 Å². The lowest BCUT2D eigenvalue weighted by molar-refractivity contribution is 0.322. The minimum atomic E-state index is -3.41. The fourth-order valence-corrected chi connectivity index (χ4v) is 2.02. The highest BCUT2D eigenvalue weighted by Gasteiger charge is 2.30. The summed E-state index contributed by atoms with van der Waals surface area (Å²) in [6, 6.07) is 0. The summed E-state index contributed by atoms with van der Waals surface area (Å²) in [6.07, 6.45) is 0. The SMILES string of the molecule is NS(=O)(=O)N1CC(S)C1. The molecule has 1 aliphatic rings. The molecule has 1 rings (SSSR count). The third-order valence-corrected chi connectivity index (χ3v) is 2.53. The van der Waals surface area contributed by atoms with Gasteiger partial charge in [-0.3, -0.25) is 0 Å². The molecule has 0 aliphatic carbocycles. The molecule has 4 nitrogen and oxygen atoms in total. The molecule has 1 saturated heterocycles. The molecule has 0 spiro atoms. The van der Waals surface area contributed by atoms with Crippen LogP contribution in [0.15, 0.2) is 0 Å². The smallest absolute Gasteiger partial charge is 0.216 e. The Morgan fingerprint density at radius 1 is 1.56 bits per heavy atom. The first-order valence-corrected chi connectivity index (χ1v) is 4.48. The molecule has 9 heavy (non-hydrogen) atoms. The fourth-order valence-electron chi connectivity index (χ4n) is 0.624. The third kappa shape index (κ3) is 1.57. The monoisotopic (exact) mass is 168 g/mol. The van der Waals surface area contributed by atoms with Crippen LogP contribution in [0.25, 0.3) is 0 Å². The van der Waals surface area contributed by atoms with Gasteiger partial charge in [-0.15, -0.1) is 0 Å². The summed E-state index contributed by atoms with van der Waals surface area (Å²) < 4.78 is 22.0. The van der Waals surface area contributed by atoms with Gasteiger partial charge >= 0.3 is 0 Å². The van der Waals surface area contributed by atoms with Crippen molar-refractivity contribution in [3.05, 3.63) is 0 Å². The molecule has 1 fully saturated rings. The van der Waals surface area contributed by atoms with E-state index in [1.807, 2.05) is 0 Å². The Hall–Kier alpha value is 0.220. The largest absolute Gasteiger partial charge is 0.276 e. The maximum absolute atomic E-state index is 10.4. The van der Waals surface area contributed by atoms with Crippen molar-refractivity contribution < 1.29 is 8.42 Å². The molecule has 2 N–H and O–H groups in total. The molecule has 0 aromatic carbocycles. The van der Waals surface area contributed by atoms with Gasteiger partial charge in [-0.2, -0.15) is 25.4 Å². The van der Waals surface area contributed by atoms with Crippen molar-refractivity contribution >= 4 is 22.8 Å². The summed E-state index contributed by atoms with van der Waals surface area (Å²) in [4.78, 5) is 0. The Morgan fingerprint density at radius 3 is 2.11 bits per heavy atom. The molecule has 0 atom stereocenters. The molecule has 1 heterocycles. The minimum Gasteiger partial charge on any atom is -0.216 e. The Bertz CT molecular complexity index is 194. The van der Waals surface area contributed by atoms with Crippen LogP contribution in [0.1, 0.15) is 0 Å². The quantitative estimate of drug-likeness (QED) is 0.483. The van der Waals surface area contributed by atoms with E-state index in [0.717, 1.165) is 0 Å². The number of hydrogen-bond donors (Lipinski definition) is 2. The normalized spacial score (nSPS) is 23.8. The molecule has 0 aromatic heterocycles. The zero-order chi connectivity index (χ0) is 7.07. The van der Waals surface area contributed by atoms with Gasteiger partial charge in [0.2, 0.25) is 0 Å². The molecule has 0 unspecified atom stereocenters. The molecule has 0 bridgehead atoms. The van der Waals surface area contributed by atoms with Crippen LogP contribution >= 0.6 is 12.6 Å². The zero-order valence-electron chi connectivity index (χ0n) is 4.69. The van der Waals surface area contributed by atoms with Crippen molar-refractivity contribution in [3.63, 3.8) is 0 Å². The van der Waals surface area contributed by atoms with Crippen molar-refractivity contribution in [2.75, 3.05) is 13.1 Å². The third-order valence-electron chi connectivity index (χ3n) is 1.19. The minimum absolute atomic E-state index is 0.170. The molecular formula is C3H8N2O2S2. The van der Waals surface area contributed by atoms with Crippen LogP contribution in [0.2, 0.25) is 0 Å². The van der Waals surface area contributed by atoms with E-state index < -0.39 is 10.2 Å². The first kappa shape index (κ1) is 7.33. The molecular weight excluding hydrogens is 160 g/mol. The van der Waals surface area contributed by atoms with Crippen LogP contribution in [0, 0.1) is 0 Å². The summed E-state index contributed by atoms with van der Waals surface area (Å²) in [5, 5.41) is 4.94. The van der Waals surface area contributed by atoms with Crippen molar-refractivity contribution in [3.8, 4) is 0 Å². The molecule has 0 saturated carbocycles. The highest BCUT2D eigenvalue weighted by atomic mass is 32.2. The average Bonchev–Trinajstić information content (AvgIpc) is 1.55. The zero-order valence-corrected chi connectivity index (χ0v) is 6.40. The van der Waals surface area contributed by atoms with Crippen LogP contribution in [-0.2, 0) is 10.2 Å². The summed E-state index contributed by atoms with van der Waals surface area (Å²) >= 11 is 4.01. The van der Waals surface area contributed by atoms with Crippen LogP contribution in [0.4, 0.5) is 0 Å². The Morgan fingerprint density at radius 2 is 2.00 bits per heavy atom. The number of rotatable bonds is 1. The lowest BCUT2D eigenvalue weighted by Gasteiger charge is -2.33. The Balaban J connectivity index is 2.51. The standard InChI is InChI=1S/C3H8N2O2S2/c4-9(6,7)5-1-3(8)2-5/h3,8H,1-2H2,(H2,4,6,7). The number of thiol groups is 1. The maximum Gasteiger partial charge on any atom is 0.276 e. The number of hydrogen-bond acceptors (Lipinski definition) is 3. The van der Waals surface area contributed by atoms with E-state index in [1.54, 1.807) is 0 Å². The van der Waals surface area contributed by atoms with E-state index >= 15 is 0 Å². The molecule has 0 amide bonds. The highest BCUT2D eigenvalue weighted by Crippen LogP contribution is 2.14. The van der Waals surface area contributed by atoms with E-state index in [0.29, 0.717) is 13.1 Å². The van der Waals surface area contributed by atoms with Crippen molar-refractivity contribution in [1.82, 2.24) is 4.31 Å².